The van der Waals surface area contributed by atoms with Crippen LogP contribution in [0.25, 0.3) is 0 Å². The van der Waals surface area contributed by atoms with Crippen LogP contribution in [0.3, 0.4) is 0 Å². The quantitative estimate of drug-likeness (QED) is 0.585. The summed E-state index contributed by atoms with van der Waals surface area (Å²) >= 11 is 0. The molecule has 0 saturated heterocycles. The number of esters is 1. The van der Waals surface area contributed by atoms with Crippen LogP contribution in [0.5, 0.6) is 5.75 Å². The number of anilines is 1. The molecule has 0 aromatic heterocycles. The number of amides is 3. The first-order valence-corrected chi connectivity index (χ1v) is 11.3. The lowest BCUT2D eigenvalue weighted by Crippen LogP contribution is -2.49. The van der Waals surface area contributed by atoms with E-state index in [0.717, 1.165) is 10.4 Å². The molecule has 0 saturated carbocycles. The van der Waals surface area contributed by atoms with Gasteiger partial charge >= 0.3 is 12.0 Å². The molecule has 11 heteroatoms. The van der Waals surface area contributed by atoms with Gasteiger partial charge in [-0.2, -0.15) is 0 Å². The number of hydrogen-bond donors (Lipinski definition) is 2. The van der Waals surface area contributed by atoms with Crippen molar-refractivity contribution in [1.29, 1.82) is 0 Å². The zero-order valence-electron chi connectivity index (χ0n) is 19.0. The maximum absolute atomic E-state index is 13.0. The van der Waals surface area contributed by atoms with E-state index in [1.807, 2.05) is 5.32 Å². The summed E-state index contributed by atoms with van der Waals surface area (Å²) in [5.41, 5.74) is -0.216. The van der Waals surface area contributed by atoms with Crippen molar-refractivity contribution in [2.24, 2.45) is 0 Å². The number of urea groups is 1. The molecule has 0 atom stereocenters. The normalized spacial score (nSPS) is 11.3. The second-order valence-electron chi connectivity index (χ2n) is 8.03. The predicted octanol–water partition coefficient (Wildman–Crippen LogP) is 2.30. The minimum absolute atomic E-state index is 0.0638. The van der Waals surface area contributed by atoms with Crippen LogP contribution < -0.4 is 19.7 Å². The van der Waals surface area contributed by atoms with Crippen LogP contribution >= 0.6 is 0 Å². The van der Waals surface area contributed by atoms with E-state index in [9.17, 15) is 22.8 Å². The maximum Gasteiger partial charge on any atom is 0.338 e. The van der Waals surface area contributed by atoms with Crippen LogP contribution in [0.15, 0.2) is 53.4 Å². The largest absolute Gasteiger partial charge is 0.497 e. The summed E-state index contributed by atoms with van der Waals surface area (Å²) in [4.78, 5) is 35.7. The van der Waals surface area contributed by atoms with Gasteiger partial charge in [-0.3, -0.25) is 14.4 Å². The van der Waals surface area contributed by atoms with E-state index in [-0.39, 0.29) is 10.5 Å². The lowest BCUT2D eigenvalue weighted by atomic mass is 10.1. The zero-order valence-corrected chi connectivity index (χ0v) is 19.9. The Labute approximate surface area is 192 Å². The third kappa shape index (κ3) is 7.21. The fourth-order valence-corrected chi connectivity index (χ4v) is 3.86. The Balaban J connectivity index is 2.07. The Morgan fingerprint density at radius 2 is 1.67 bits per heavy atom. The van der Waals surface area contributed by atoms with Crippen LogP contribution in [0.1, 0.15) is 31.1 Å². The number of imide groups is 1. The van der Waals surface area contributed by atoms with Gasteiger partial charge in [-0.15, -0.1) is 0 Å². The minimum Gasteiger partial charge on any atom is -0.497 e. The van der Waals surface area contributed by atoms with Gasteiger partial charge < -0.3 is 14.8 Å². The summed E-state index contributed by atoms with van der Waals surface area (Å²) in [5, 5.41) is 4.58. The lowest BCUT2D eigenvalue weighted by molar-refractivity contribution is -0.123. The summed E-state index contributed by atoms with van der Waals surface area (Å²) in [6, 6.07) is 11.0. The number of nitrogens with one attached hydrogen (secondary N) is 2. The molecule has 0 aliphatic carbocycles. The molecule has 3 amide bonds. The first-order valence-electron chi connectivity index (χ1n) is 9.85. The van der Waals surface area contributed by atoms with Gasteiger partial charge in [0.05, 0.1) is 23.3 Å². The van der Waals surface area contributed by atoms with E-state index in [0.29, 0.717) is 11.4 Å². The van der Waals surface area contributed by atoms with Crippen LogP contribution in [0.4, 0.5) is 10.5 Å². The average Bonchev–Trinajstić information content (AvgIpc) is 2.75. The van der Waals surface area contributed by atoms with Crippen molar-refractivity contribution in [2.75, 3.05) is 25.1 Å². The fourth-order valence-electron chi connectivity index (χ4n) is 2.62. The second kappa shape index (κ2) is 10.3. The second-order valence-corrected chi connectivity index (χ2v) is 10.00. The highest BCUT2D eigenvalue weighted by molar-refractivity contribution is 7.92. The standard InChI is InChI=1S/C22H27N3O7S/c1-22(2,3)24-21(28)23-19(26)14-32-20(27)15-7-6-8-18(13-15)33(29,30)25(4)16-9-11-17(31-5)12-10-16/h6-13H,14H2,1-5H3,(H2,23,24,26,28). The molecule has 2 aromatic carbocycles. The number of sulfonamides is 1. The zero-order chi connectivity index (χ0) is 24.8. The van der Waals surface area contributed by atoms with Crippen molar-refractivity contribution in [3.05, 3.63) is 54.1 Å². The Morgan fingerprint density at radius 1 is 1.03 bits per heavy atom. The van der Waals surface area contributed by atoms with Crippen LogP contribution in [0, 0.1) is 0 Å². The third-order valence-electron chi connectivity index (χ3n) is 4.24. The first kappa shape index (κ1) is 25.7. The summed E-state index contributed by atoms with van der Waals surface area (Å²) < 4.78 is 37.0. The van der Waals surface area contributed by atoms with Crippen molar-refractivity contribution >= 4 is 33.6 Å². The van der Waals surface area contributed by atoms with E-state index in [1.54, 1.807) is 45.0 Å². The summed E-state index contributed by atoms with van der Waals surface area (Å²) in [7, 11) is -1.09. The van der Waals surface area contributed by atoms with Gasteiger partial charge in [0.2, 0.25) is 0 Å². The predicted molar refractivity (Wildman–Crippen MR) is 122 cm³/mol. The Morgan fingerprint density at radius 3 is 2.24 bits per heavy atom. The van der Waals surface area contributed by atoms with Gasteiger partial charge in [0.15, 0.2) is 6.61 Å². The highest BCUT2D eigenvalue weighted by Crippen LogP contribution is 2.24. The van der Waals surface area contributed by atoms with Gasteiger partial charge in [-0.25, -0.2) is 18.0 Å². The van der Waals surface area contributed by atoms with Gasteiger partial charge in [0.1, 0.15) is 5.75 Å². The number of benzene rings is 2. The molecule has 2 N–H and O–H groups in total. The number of ether oxygens (including phenoxy) is 2. The lowest BCUT2D eigenvalue weighted by Gasteiger charge is -2.20. The molecule has 0 aliphatic rings. The van der Waals surface area contributed by atoms with Gasteiger partial charge in [0.25, 0.3) is 15.9 Å². The average molecular weight is 478 g/mol. The van der Waals surface area contributed by atoms with E-state index in [4.69, 9.17) is 9.47 Å². The van der Waals surface area contributed by atoms with Crippen molar-refractivity contribution < 1.29 is 32.3 Å². The van der Waals surface area contributed by atoms with Gasteiger partial charge in [-0.05, 0) is 63.2 Å². The Hall–Kier alpha value is -3.60. The maximum atomic E-state index is 13.0. The highest BCUT2D eigenvalue weighted by Gasteiger charge is 2.23. The summed E-state index contributed by atoms with van der Waals surface area (Å²) in [6.07, 6.45) is 0. The van der Waals surface area contributed by atoms with Crippen molar-refractivity contribution in [3.8, 4) is 5.75 Å². The van der Waals surface area contributed by atoms with Crippen LogP contribution in [0.2, 0.25) is 0 Å². The molecule has 2 aromatic rings. The molecule has 10 nitrogen and oxygen atoms in total. The molecule has 2 rings (SSSR count). The number of hydrogen-bond acceptors (Lipinski definition) is 7. The monoisotopic (exact) mass is 477 g/mol. The van der Waals surface area contributed by atoms with E-state index < -0.39 is 40.1 Å². The van der Waals surface area contributed by atoms with Gasteiger partial charge in [-0.1, -0.05) is 6.07 Å². The molecule has 33 heavy (non-hydrogen) atoms. The molecule has 0 fully saturated rings. The Bertz CT molecular complexity index is 1120. The van der Waals surface area contributed by atoms with E-state index in [1.165, 1.54) is 32.4 Å². The number of methoxy groups -OCH3 is 1. The Kier molecular flexibility index (Phi) is 8.04. The van der Waals surface area contributed by atoms with Crippen molar-refractivity contribution in [3.63, 3.8) is 0 Å². The van der Waals surface area contributed by atoms with Crippen molar-refractivity contribution in [1.82, 2.24) is 10.6 Å². The molecule has 0 heterocycles. The minimum atomic E-state index is -3.98. The summed E-state index contributed by atoms with van der Waals surface area (Å²) in [5.74, 6) is -1.16. The van der Waals surface area contributed by atoms with E-state index >= 15 is 0 Å². The highest BCUT2D eigenvalue weighted by atomic mass is 32.2. The molecular formula is C22H27N3O7S. The molecular weight excluding hydrogens is 450 g/mol. The smallest absolute Gasteiger partial charge is 0.338 e. The molecule has 0 unspecified atom stereocenters. The molecule has 0 bridgehead atoms. The number of rotatable bonds is 7. The SMILES string of the molecule is COc1ccc(N(C)S(=O)(=O)c2cccc(C(=O)OCC(=O)NC(=O)NC(C)(C)C)c2)cc1. The van der Waals surface area contributed by atoms with Crippen LogP contribution in [-0.4, -0.2) is 52.6 Å². The molecule has 178 valence electrons. The number of nitrogens with zero attached hydrogens (tertiary/aromatic N) is 1. The third-order valence-corrected chi connectivity index (χ3v) is 6.02. The van der Waals surface area contributed by atoms with E-state index in [2.05, 4.69) is 5.32 Å². The van der Waals surface area contributed by atoms with Crippen molar-refractivity contribution in [2.45, 2.75) is 31.2 Å². The fraction of sp³-hybridized carbons (Fsp3) is 0.318. The molecule has 0 spiro atoms. The number of carbonyl (C=O) groups excluding carboxylic acids is 3. The topological polar surface area (TPSA) is 131 Å². The summed E-state index contributed by atoms with van der Waals surface area (Å²) in [6.45, 7) is 4.51. The molecule has 0 radical (unpaired) electrons. The van der Waals surface area contributed by atoms with Gasteiger partial charge in [0, 0.05) is 12.6 Å². The van der Waals surface area contributed by atoms with Crippen LogP contribution in [-0.2, 0) is 19.6 Å². The molecule has 0 aliphatic heterocycles. The number of carbonyl (C=O) groups is 3. The first-order chi connectivity index (χ1) is 15.3.